The van der Waals surface area contributed by atoms with Gasteiger partial charge in [0.1, 0.15) is 5.75 Å². The molecule has 1 aromatic heterocycles. The van der Waals surface area contributed by atoms with Crippen LogP contribution in [0.15, 0.2) is 59.4 Å². The predicted molar refractivity (Wildman–Crippen MR) is 68.9 cm³/mol. The molecule has 0 radical (unpaired) electrons. The van der Waals surface area contributed by atoms with E-state index in [1.165, 1.54) is 0 Å². The quantitative estimate of drug-likeness (QED) is 0.746. The Hall–Kier alpha value is -2.62. The number of ether oxygens (including phenoxy) is 1. The van der Waals surface area contributed by atoms with Crippen LogP contribution in [0.2, 0.25) is 0 Å². The highest BCUT2D eigenvalue weighted by molar-refractivity contribution is 5.73. The molecule has 0 fully saturated rings. The van der Waals surface area contributed by atoms with Crippen LogP contribution in [0.4, 0.5) is 0 Å². The number of hydrogen-bond acceptors (Lipinski definition) is 3. The molecule has 2 aromatic carbocycles. The number of H-pyrrole nitrogens is 1. The molecule has 0 saturated carbocycles. The van der Waals surface area contributed by atoms with E-state index in [2.05, 4.69) is 9.97 Å². The van der Waals surface area contributed by atoms with Crippen LogP contribution in [0, 0.1) is 0 Å². The third-order valence-electron chi connectivity index (χ3n) is 2.53. The zero-order valence-electron chi connectivity index (χ0n) is 9.46. The molecule has 0 saturated heterocycles. The van der Waals surface area contributed by atoms with Crippen LogP contribution in [0.1, 0.15) is 0 Å². The first-order chi connectivity index (χ1) is 8.83. The number of benzene rings is 2. The molecular weight excluding hydrogens is 228 g/mol. The second kappa shape index (κ2) is 4.33. The maximum atomic E-state index is 11.8. The second-order valence-electron chi connectivity index (χ2n) is 3.80. The first kappa shape index (κ1) is 10.5. The van der Waals surface area contributed by atoms with Crippen molar-refractivity contribution in [2.45, 2.75) is 0 Å². The van der Waals surface area contributed by atoms with Crippen molar-refractivity contribution in [2.75, 3.05) is 0 Å². The molecule has 18 heavy (non-hydrogen) atoms. The number of aromatic amines is 1. The molecule has 3 aromatic rings. The van der Waals surface area contributed by atoms with Gasteiger partial charge < -0.3 is 9.72 Å². The van der Waals surface area contributed by atoms with E-state index in [1.54, 1.807) is 18.2 Å². The second-order valence-corrected chi connectivity index (χ2v) is 3.80. The molecule has 4 heteroatoms. The Labute approximate surface area is 103 Å². The highest BCUT2D eigenvalue weighted by Crippen LogP contribution is 2.17. The van der Waals surface area contributed by atoms with Gasteiger partial charge in [0.15, 0.2) is 0 Å². The number of rotatable bonds is 2. The number of para-hydroxylation sites is 3. The topological polar surface area (TPSA) is 55.0 Å². The van der Waals surface area contributed by atoms with Crippen molar-refractivity contribution in [3.05, 3.63) is 65.0 Å². The fraction of sp³-hybridized carbons (Fsp3) is 0. The molecule has 0 aliphatic heterocycles. The highest BCUT2D eigenvalue weighted by Gasteiger charge is 2.06. The van der Waals surface area contributed by atoms with Gasteiger partial charge in [-0.1, -0.05) is 30.3 Å². The van der Waals surface area contributed by atoms with Gasteiger partial charge in [-0.25, -0.2) is 4.98 Å². The first-order valence-corrected chi connectivity index (χ1v) is 5.55. The van der Waals surface area contributed by atoms with Crippen molar-refractivity contribution in [3.8, 4) is 11.6 Å². The van der Waals surface area contributed by atoms with Crippen LogP contribution in [-0.2, 0) is 0 Å². The average molecular weight is 238 g/mol. The van der Waals surface area contributed by atoms with E-state index >= 15 is 0 Å². The van der Waals surface area contributed by atoms with E-state index in [-0.39, 0.29) is 11.4 Å². The Balaban J connectivity index is 2.07. The number of aromatic nitrogens is 2. The molecule has 0 bridgehead atoms. The van der Waals surface area contributed by atoms with Gasteiger partial charge in [0.25, 0.3) is 5.88 Å². The van der Waals surface area contributed by atoms with Gasteiger partial charge in [0.2, 0.25) is 0 Å². The molecule has 0 aliphatic rings. The largest absolute Gasteiger partial charge is 0.435 e. The molecule has 88 valence electrons. The van der Waals surface area contributed by atoms with Gasteiger partial charge >= 0.3 is 5.56 Å². The minimum atomic E-state index is -0.336. The Bertz CT molecular complexity index is 735. The first-order valence-electron chi connectivity index (χ1n) is 5.55. The minimum Gasteiger partial charge on any atom is -0.435 e. The third kappa shape index (κ3) is 1.96. The molecule has 0 amide bonds. The van der Waals surface area contributed by atoms with Gasteiger partial charge in [-0.05, 0) is 24.3 Å². The summed E-state index contributed by atoms with van der Waals surface area (Å²) in [6.45, 7) is 0. The highest BCUT2D eigenvalue weighted by atomic mass is 16.5. The zero-order valence-corrected chi connectivity index (χ0v) is 9.46. The van der Waals surface area contributed by atoms with E-state index in [4.69, 9.17) is 4.74 Å². The Morgan fingerprint density at radius 3 is 2.50 bits per heavy atom. The number of fused-ring (bicyclic) bond motifs is 1. The Kier molecular flexibility index (Phi) is 2.53. The van der Waals surface area contributed by atoms with Crippen molar-refractivity contribution >= 4 is 11.0 Å². The van der Waals surface area contributed by atoms with Crippen molar-refractivity contribution in [1.29, 1.82) is 0 Å². The number of nitrogens with zero attached hydrogens (tertiary/aromatic N) is 1. The van der Waals surface area contributed by atoms with Gasteiger partial charge in [-0.3, -0.25) is 4.79 Å². The zero-order chi connectivity index (χ0) is 12.4. The molecule has 0 atom stereocenters. The summed E-state index contributed by atoms with van der Waals surface area (Å²) in [6.07, 6.45) is 0. The summed E-state index contributed by atoms with van der Waals surface area (Å²) < 4.78 is 5.46. The average Bonchev–Trinajstić information content (AvgIpc) is 2.41. The maximum Gasteiger partial charge on any atom is 0.311 e. The monoisotopic (exact) mass is 238 g/mol. The SMILES string of the molecule is O=c1[nH]c2ccccc2nc1Oc1ccccc1. The molecule has 0 aliphatic carbocycles. The van der Waals surface area contributed by atoms with E-state index in [9.17, 15) is 4.79 Å². The van der Waals surface area contributed by atoms with Crippen molar-refractivity contribution in [2.24, 2.45) is 0 Å². The summed E-state index contributed by atoms with van der Waals surface area (Å²) in [5.41, 5.74) is 1.06. The maximum absolute atomic E-state index is 11.8. The summed E-state index contributed by atoms with van der Waals surface area (Å²) in [6, 6.07) is 16.4. The Morgan fingerprint density at radius 2 is 1.67 bits per heavy atom. The minimum absolute atomic E-state index is 0.0555. The van der Waals surface area contributed by atoms with Crippen LogP contribution < -0.4 is 10.3 Å². The van der Waals surface area contributed by atoms with Crippen LogP contribution in [0.3, 0.4) is 0 Å². The lowest BCUT2D eigenvalue weighted by molar-refractivity contribution is 0.457. The molecule has 0 unspecified atom stereocenters. The van der Waals surface area contributed by atoms with Crippen molar-refractivity contribution in [3.63, 3.8) is 0 Å². The van der Waals surface area contributed by atoms with Gasteiger partial charge in [-0.15, -0.1) is 0 Å². The number of nitrogens with one attached hydrogen (secondary N) is 1. The molecule has 0 spiro atoms. The van der Waals surface area contributed by atoms with Crippen LogP contribution in [-0.4, -0.2) is 9.97 Å². The lowest BCUT2D eigenvalue weighted by Crippen LogP contribution is -2.10. The third-order valence-corrected chi connectivity index (χ3v) is 2.53. The number of hydrogen-bond donors (Lipinski definition) is 1. The van der Waals surface area contributed by atoms with Gasteiger partial charge in [0.05, 0.1) is 11.0 Å². The summed E-state index contributed by atoms with van der Waals surface area (Å²) in [4.78, 5) is 18.7. The van der Waals surface area contributed by atoms with E-state index in [0.717, 1.165) is 0 Å². The van der Waals surface area contributed by atoms with Crippen LogP contribution in [0.25, 0.3) is 11.0 Å². The summed E-state index contributed by atoms with van der Waals surface area (Å²) in [5.74, 6) is 0.644. The lowest BCUT2D eigenvalue weighted by atomic mass is 10.3. The molecule has 4 nitrogen and oxygen atoms in total. The van der Waals surface area contributed by atoms with Crippen molar-refractivity contribution in [1.82, 2.24) is 9.97 Å². The Morgan fingerprint density at radius 1 is 0.944 bits per heavy atom. The van der Waals surface area contributed by atoms with E-state index in [1.807, 2.05) is 36.4 Å². The van der Waals surface area contributed by atoms with Gasteiger partial charge in [0, 0.05) is 0 Å². The molecule has 3 rings (SSSR count). The van der Waals surface area contributed by atoms with Crippen molar-refractivity contribution < 1.29 is 4.74 Å². The summed E-state index contributed by atoms with van der Waals surface area (Å²) >= 11 is 0. The summed E-state index contributed by atoms with van der Waals surface area (Å²) in [5, 5.41) is 0. The molecule has 1 heterocycles. The fourth-order valence-corrected chi connectivity index (χ4v) is 1.68. The van der Waals surface area contributed by atoms with E-state index < -0.39 is 0 Å². The fourth-order valence-electron chi connectivity index (χ4n) is 1.68. The van der Waals surface area contributed by atoms with E-state index in [0.29, 0.717) is 16.8 Å². The normalized spacial score (nSPS) is 10.4. The lowest BCUT2D eigenvalue weighted by Gasteiger charge is -2.04. The standard InChI is InChI=1S/C14H10N2O2/c17-13-14(18-10-6-2-1-3-7-10)16-12-9-5-4-8-11(12)15-13/h1-9H,(H,15,17). The van der Waals surface area contributed by atoms with Crippen LogP contribution in [0.5, 0.6) is 11.6 Å². The van der Waals surface area contributed by atoms with Crippen LogP contribution >= 0.6 is 0 Å². The molecule has 1 N–H and O–H groups in total. The smallest absolute Gasteiger partial charge is 0.311 e. The summed E-state index contributed by atoms with van der Waals surface area (Å²) in [7, 11) is 0. The predicted octanol–water partition coefficient (Wildman–Crippen LogP) is 2.72. The van der Waals surface area contributed by atoms with Gasteiger partial charge in [-0.2, -0.15) is 0 Å². The molecular formula is C14H10N2O2.